The van der Waals surface area contributed by atoms with E-state index in [1.165, 1.54) is 0 Å². The van der Waals surface area contributed by atoms with Gasteiger partial charge in [-0.05, 0) is 32.1 Å². The van der Waals surface area contributed by atoms with E-state index in [2.05, 4.69) is 13.1 Å². The highest BCUT2D eigenvalue weighted by atomic mass is 28.4. The second kappa shape index (κ2) is 4.46. The van der Waals surface area contributed by atoms with Crippen molar-refractivity contribution in [3.05, 3.63) is 12.2 Å². The number of rotatable bonds is 4. The summed E-state index contributed by atoms with van der Waals surface area (Å²) in [6, 6.07) is 0.906. The first-order valence-electron chi connectivity index (χ1n) is 3.70. The summed E-state index contributed by atoms with van der Waals surface area (Å²) >= 11 is 0. The minimum atomic E-state index is -1.48. The summed E-state index contributed by atoms with van der Waals surface area (Å²) in [6.07, 6.45) is 3.51. The smallest absolute Gasteiger partial charge is 0.189 e. The van der Waals surface area contributed by atoms with Crippen LogP contribution in [0.25, 0.3) is 0 Å². The summed E-state index contributed by atoms with van der Waals surface area (Å²) in [4.78, 5) is 10.5. The first-order valence-corrected chi connectivity index (χ1v) is 6.82. The summed E-state index contributed by atoms with van der Waals surface area (Å²) in [7, 11) is 0.247. The van der Waals surface area contributed by atoms with Gasteiger partial charge in [0.05, 0.1) is 0 Å². The summed E-state index contributed by atoms with van der Waals surface area (Å²) < 4.78 is 5.30. The van der Waals surface area contributed by atoms with Gasteiger partial charge in [-0.2, -0.15) is 0 Å². The van der Waals surface area contributed by atoms with Crippen LogP contribution < -0.4 is 0 Å². The average molecular weight is 172 g/mol. The Balaban J connectivity index is 3.78. The van der Waals surface area contributed by atoms with Gasteiger partial charge in [-0.1, -0.05) is 6.08 Å². The Morgan fingerprint density at radius 2 is 2.09 bits per heavy atom. The van der Waals surface area contributed by atoms with E-state index in [-0.39, 0.29) is 5.78 Å². The first kappa shape index (κ1) is 10.6. The van der Waals surface area contributed by atoms with Crippen LogP contribution in [-0.4, -0.2) is 21.2 Å². The first-order chi connectivity index (χ1) is 4.98. The van der Waals surface area contributed by atoms with Crippen molar-refractivity contribution in [2.45, 2.75) is 26.1 Å². The van der Waals surface area contributed by atoms with Crippen LogP contribution in [0.1, 0.15) is 6.92 Å². The maximum Gasteiger partial charge on any atom is 0.189 e. The normalized spacial score (nSPS) is 12.4. The van der Waals surface area contributed by atoms with E-state index in [4.69, 9.17) is 4.43 Å². The monoisotopic (exact) mass is 172 g/mol. The predicted octanol–water partition coefficient (Wildman–Crippen LogP) is 1.98. The van der Waals surface area contributed by atoms with Crippen LogP contribution in [-0.2, 0) is 9.22 Å². The second-order valence-electron chi connectivity index (χ2n) is 3.18. The third kappa shape index (κ3) is 6.00. The van der Waals surface area contributed by atoms with Crippen molar-refractivity contribution >= 4 is 14.1 Å². The van der Waals surface area contributed by atoms with Gasteiger partial charge < -0.3 is 4.43 Å². The molecule has 0 aliphatic carbocycles. The molecule has 0 atom stereocenters. The molecule has 0 saturated carbocycles. The van der Waals surface area contributed by atoms with Crippen molar-refractivity contribution < 1.29 is 9.22 Å². The van der Waals surface area contributed by atoms with Crippen molar-refractivity contribution in [1.29, 1.82) is 0 Å². The highest BCUT2D eigenvalue weighted by Crippen LogP contribution is 2.09. The molecule has 0 bridgehead atoms. The van der Waals surface area contributed by atoms with Crippen LogP contribution >= 0.6 is 0 Å². The molecule has 0 rings (SSSR count). The van der Waals surface area contributed by atoms with E-state index >= 15 is 0 Å². The molecule has 0 aliphatic rings. The Morgan fingerprint density at radius 3 is 2.45 bits per heavy atom. The lowest BCUT2D eigenvalue weighted by Gasteiger charge is -2.16. The van der Waals surface area contributed by atoms with E-state index in [0.29, 0.717) is 0 Å². The van der Waals surface area contributed by atoms with E-state index < -0.39 is 8.32 Å². The zero-order valence-corrected chi connectivity index (χ0v) is 8.68. The Hall–Kier alpha value is -0.413. The van der Waals surface area contributed by atoms with E-state index in [1.807, 2.05) is 6.08 Å². The van der Waals surface area contributed by atoms with Crippen molar-refractivity contribution in [3.63, 3.8) is 0 Å². The summed E-state index contributed by atoms with van der Waals surface area (Å²) in [5, 5.41) is 0. The number of hydrogen-bond donors (Lipinski definition) is 0. The molecule has 64 valence electrons. The fourth-order valence-electron chi connectivity index (χ4n) is 0.592. The summed E-state index contributed by atoms with van der Waals surface area (Å²) in [6.45, 7) is 5.80. The molecule has 0 N–H and O–H groups in total. The van der Waals surface area contributed by atoms with E-state index in [0.717, 1.165) is 6.04 Å². The van der Waals surface area contributed by atoms with Gasteiger partial charge in [0, 0.05) is 7.11 Å². The minimum absolute atomic E-state index is 0.103. The van der Waals surface area contributed by atoms with Crippen LogP contribution in [0, 0.1) is 0 Å². The molecule has 11 heavy (non-hydrogen) atoms. The molecular weight excluding hydrogens is 156 g/mol. The molecule has 0 fully saturated rings. The van der Waals surface area contributed by atoms with Gasteiger partial charge in [-0.25, -0.2) is 0 Å². The zero-order valence-electron chi connectivity index (χ0n) is 7.68. The summed E-state index contributed by atoms with van der Waals surface area (Å²) in [5.41, 5.74) is 0. The largest absolute Gasteiger partial charge is 0.420 e. The summed E-state index contributed by atoms with van der Waals surface area (Å²) in [5.74, 6) is 0.103. The van der Waals surface area contributed by atoms with Gasteiger partial charge in [-0.15, -0.1) is 0 Å². The van der Waals surface area contributed by atoms with Gasteiger partial charge in [0.15, 0.2) is 14.1 Å². The maximum atomic E-state index is 10.5. The SMILES string of the molecule is CO[Si](C)(C)CC=CC(C)=O. The zero-order chi connectivity index (χ0) is 8.91. The highest BCUT2D eigenvalue weighted by molar-refractivity contribution is 6.71. The molecule has 2 nitrogen and oxygen atoms in total. The quantitative estimate of drug-likeness (QED) is 0.479. The molecule has 0 heterocycles. The molecule has 0 saturated heterocycles. The maximum absolute atomic E-state index is 10.5. The molecular formula is C8H16O2Si. The number of allylic oxidation sites excluding steroid dienone is 2. The van der Waals surface area contributed by atoms with Crippen LogP contribution in [0.5, 0.6) is 0 Å². The molecule has 0 spiro atoms. The van der Waals surface area contributed by atoms with Crippen LogP contribution in [0.2, 0.25) is 19.1 Å². The lowest BCUT2D eigenvalue weighted by atomic mass is 10.4. The molecule has 3 heteroatoms. The van der Waals surface area contributed by atoms with Gasteiger partial charge in [0.2, 0.25) is 0 Å². The van der Waals surface area contributed by atoms with Crippen molar-refractivity contribution in [2.75, 3.05) is 7.11 Å². The topological polar surface area (TPSA) is 26.3 Å². The molecule has 0 unspecified atom stereocenters. The van der Waals surface area contributed by atoms with Crippen LogP contribution in [0.4, 0.5) is 0 Å². The Labute approximate surface area is 69.4 Å². The van der Waals surface area contributed by atoms with Gasteiger partial charge in [0.25, 0.3) is 0 Å². The number of hydrogen-bond acceptors (Lipinski definition) is 2. The molecule has 0 aromatic rings. The average Bonchev–Trinajstić information content (AvgIpc) is 1.87. The third-order valence-electron chi connectivity index (χ3n) is 1.51. The Kier molecular flexibility index (Phi) is 4.29. The molecule has 0 aliphatic heterocycles. The highest BCUT2D eigenvalue weighted by Gasteiger charge is 2.17. The van der Waals surface area contributed by atoms with Crippen molar-refractivity contribution in [3.8, 4) is 0 Å². The van der Waals surface area contributed by atoms with Gasteiger partial charge >= 0.3 is 0 Å². The minimum Gasteiger partial charge on any atom is -0.420 e. The lowest BCUT2D eigenvalue weighted by molar-refractivity contribution is -0.112. The van der Waals surface area contributed by atoms with Crippen molar-refractivity contribution in [2.24, 2.45) is 0 Å². The van der Waals surface area contributed by atoms with Crippen LogP contribution in [0.3, 0.4) is 0 Å². The van der Waals surface area contributed by atoms with Crippen LogP contribution in [0.15, 0.2) is 12.2 Å². The fraction of sp³-hybridized carbons (Fsp3) is 0.625. The Morgan fingerprint density at radius 1 is 1.55 bits per heavy atom. The Bertz CT molecular complexity index is 161. The molecule has 0 aromatic carbocycles. The second-order valence-corrected chi connectivity index (χ2v) is 7.52. The molecule has 0 radical (unpaired) electrons. The van der Waals surface area contributed by atoms with E-state index in [1.54, 1.807) is 20.1 Å². The third-order valence-corrected chi connectivity index (χ3v) is 3.84. The number of ketones is 1. The van der Waals surface area contributed by atoms with Gasteiger partial charge in [0.1, 0.15) is 0 Å². The fourth-order valence-corrected chi connectivity index (χ4v) is 1.44. The lowest BCUT2D eigenvalue weighted by Crippen LogP contribution is -2.27. The molecule has 0 amide bonds. The standard InChI is InChI=1S/C8H16O2Si/c1-8(9)6-5-7-11(3,4)10-2/h5-6H,7H2,1-4H3. The predicted molar refractivity (Wildman–Crippen MR) is 49.1 cm³/mol. The number of carbonyl (C=O) groups is 1. The van der Waals surface area contributed by atoms with Crippen molar-refractivity contribution in [1.82, 2.24) is 0 Å². The van der Waals surface area contributed by atoms with E-state index in [9.17, 15) is 4.79 Å². The number of carbonyl (C=O) groups excluding carboxylic acids is 1. The molecule has 0 aromatic heterocycles. The van der Waals surface area contributed by atoms with Gasteiger partial charge in [-0.3, -0.25) is 4.79 Å².